The third-order valence-electron chi connectivity index (χ3n) is 4.73. The highest BCUT2D eigenvalue weighted by Gasteiger charge is 2.26. The molecule has 0 aliphatic rings. The summed E-state index contributed by atoms with van der Waals surface area (Å²) >= 11 is 6.08. The smallest absolute Gasteiger partial charge is 0.270 e. The van der Waals surface area contributed by atoms with E-state index in [0.717, 1.165) is 10.1 Å². The Morgan fingerprint density at radius 1 is 1.00 bits per heavy atom. The number of halogens is 1. The van der Waals surface area contributed by atoms with Crippen molar-refractivity contribution in [3.05, 3.63) is 86.8 Å². The van der Waals surface area contributed by atoms with Crippen molar-refractivity contribution in [2.45, 2.75) is 37.1 Å². The molecule has 0 spiro atoms. The average Bonchev–Trinajstić information content (AvgIpc) is 2.68. The Labute approximate surface area is 180 Å². The van der Waals surface area contributed by atoms with Crippen LogP contribution in [0.3, 0.4) is 0 Å². The van der Waals surface area contributed by atoms with Crippen LogP contribution in [-0.2, 0) is 21.2 Å². The highest BCUT2D eigenvalue weighted by atomic mass is 35.5. The van der Waals surface area contributed by atoms with Crippen LogP contribution >= 0.6 is 11.6 Å². The molecule has 0 saturated heterocycles. The highest BCUT2D eigenvalue weighted by Crippen LogP contribution is 2.22. The van der Waals surface area contributed by atoms with Crippen molar-refractivity contribution < 1.29 is 13.2 Å². The number of amides is 1. The second-order valence-electron chi connectivity index (χ2n) is 7.02. The minimum absolute atomic E-state index is 0.0272. The summed E-state index contributed by atoms with van der Waals surface area (Å²) in [6.45, 7) is 4.75. The van der Waals surface area contributed by atoms with Crippen molar-refractivity contribution in [3.63, 3.8) is 0 Å². The Morgan fingerprint density at radius 3 is 2.30 bits per heavy atom. The van der Waals surface area contributed by atoms with Crippen LogP contribution in [-0.4, -0.2) is 18.9 Å². The zero-order chi connectivity index (χ0) is 22.1. The number of nitrogens with zero attached hydrogens (tertiary/aromatic N) is 1. The molecular formula is C22H21ClN2O4S. The first-order chi connectivity index (χ1) is 14.1. The van der Waals surface area contributed by atoms with Gasteiger partial charge in [-0.2, -0.15) is 0 Å². The maximum atomic E-state index is 13.1. The number of anilines is 1. The van der Waals surface area contributed by atoms with Gasteiger partial charge in [-0.3, -0.25) is 9.59 Å². The largest absolute Gasteiger partial charge is 0.324 e. The van der Waals surface area contributed by atoms with E-state index < -0.39 is 21.3 Å². The van der Waals surface area contributed by atoms with E-state index in [0.29, 0.717) is 22.0 Å². The summed E-state index contributed by atoms with van der Waals surface area (Å²) in [5, 5.41) is 3.19. The molecule has 0 radical (unpaired) electrons. The van der Waals surface area contributed by atoms with Gasteiger partial charge in [-0.05, 0) is 62.2 Å². The van der Waals surface area contributed by atoms with Crippen molar-refractivity contribution in [1.29, 1.82) is 0 Å². The number of hydrogen-bond acceptors (Lipinski definition) is 4. The lowest BCUT2D eigenvalue weighted by Crippen LogP contribution is -2.33. The van der Waals surface area contributed by atoms with E-state index in [4.69, 9.17) is 11.6 Å². The van der Waals surface area contributed by atoms with Crippen LogP contribution in [0.4, 0.5) is 5.69 Å². The van der Waals surface area contributed by atoms with Crippen molar-refractivity contribution >= 4 is 33.0 Å². The lowest BCUT2D eigenvalue weighted by molar-refractivity contribution is -0.116. The van der Waals surface area contributed by atoms with Crippen molar-refractivity contribution in [2.24, 2.45) is 0 Å². The molecule has 8 heteroatoms. The molecule has 3 aromatic rings. The Bertz CT molecular complexity index is 1280. The molecule has 0 atom stereocenters. The van der Waals surface area contributed by atoms with Gasteiger partial charge in [0.15, 0.2) is 0 Å². The molecule has 0 aliphatic heterocycles. The maximum Gasteiger partial charge on any atom is 0.270 e. The summed E-state index contributed by atoms with van der Waals surface area (Å²) in [6.07, 6.45) is 0. The molecule has 2 aromatic carbocycles. The molecular weight excluding hydrogens is 424 g/mol. The second kappa shape index (κ2) is 8.45. The van der Waals surface area contributed by atoms with Gasteiger partial charge in [0.25, 0.3) is 5.56 Å². The molecule has 1 N–H and O–H groups in total. The molecule has 0 fully saturated rings. The minimum atomic E-state index is -4.03. The number of rotatable bonds is 5. The number of carbonyl (C=O) groups excluding carboxylic acids is 1. The SMILES string of the molecule is Cc1ccc(NC(=O)Cn2c(C)cc(C)c(S(=O)(=O)c3ccccc3)c2=O)cc1Cl. The highest BCUT2D eigenvalue weighted by molar-refractivity contribution is 7.91. The van der Waals surface area contributed by atoms with Gasteiger partial charge in [0.1, 0.15) is 11.4 Å². The predicted molar refractivity (Wildman–Crippen MR) is 117 cm³/mol. The van der Waals surface area contributed by atoms with Crippen LogP contribution in [0.25, 0.3) is 0 Å². The molecule has 1 amide bonds. The molecule has 0 aliphatic carbocycles. The molecule has 0 saturated carbocycles. The first-order valence-corrected chi connectivity index (χ1v) is 11.0. The fraction of sp³-hybridized carbons (Fsp3) is 0.182. The molecule has 156 valence electrons. The minimum Gasteiger partial charge on any atom is -0.324 e. The van der Waals surface area contributed by atoms with Crippen LogP contribution in [0.1, 0.15) is 16.8 Å². The summed E-state index contributed by atoms with van der Waals surface area (Å²) in [6, 6.07) is 14.4. The fourth-order valence-corrected chi connectivity index (χ4v) is 4.92. The molecule has 6 nitrogen and oxygen atoms in total. The van der Waals surface area contributed by atoms with Crippen LogP contribution in [0.15, 0.2) is 69.2 Å². The second-order valence-corrected chi connectivity index (χ2v) is 9.31. The van der Waals surface area contributed by atoms with E-state index in [2.05, 4.69) is 5.32 Å². The van der Waals surface area contributed by atoms with Gasteiger partial charge >= 0.3 is 0 Å². The molecule has 0 bridgehead atoms. The normalized spacial score (nSPS) is 11.3. The summed E-state index contributed by atoms with van der Waals surface area (Å²) in [7, 11) is -4.03. The van der Waals surface area contributed by atoms with Gasteiger partial charge < -0.3 is 9.88 Å². The number of carbonyl (C=O) groups is 1. The van der Waals surface area contributed by atoms with E-state index in [-0.39, 0.29) is 16.3 Å². The molecule has 30 heavy (non-hydrogen) atoms. The number of sulfone groups is 1. The standard InChI is InChI=1S/C22H21ClN2O4S/c1-14-9-10-17(12-19(14)23)24-20(26)13-25-16(3)11-15(2)21(22(25)27)30(28,29)18-7-5-4-6-8-18/h4-12H,13H2,1-3H3,(H,24,26). The molecule has 3 rings (SSSR count). The Balaban J connectivity index is 1.98. The number of benzene rings is 2. The van der Waals surface area contributed by atoms with Gasteiger partial charge in [0.2, 0.25) is 15.7 Å². The Kier molecular flexibility index (Phi) is 6.14. The van der Waals surface area contributed by atoms with Gasteiger partial charge in [-0.25, -0.2) is 8.42 Å². The Hall–Kier alpha value is -2.90. The van der Waals surface area contributed by atoms with E-state index in [1.165, 1.54) is 12.1 Å². The topological polar surface area (TPSA) is 85.2 Å². The lowest BCUT2D eigenvalue weighted by Gasteiger charge is -2.15. The molecule has 1 aromatic heterocycles. The van der Waals surface area contributed by atoms with Gasteiger partial charge in [0.05, 0.1) is 4.90 Å². The van der Waals surface area contributed by atoms with E-state index in [9.17, 15) is 18.0 Å². The first kappa shape index (κ1) is 21.8. The number of hydrogen-bond donors (Lipinski definition) is 1. The van der Waals surface area contributed by atoms with Crippen LogP contribution < -0.4 is 10.9 Å². The molecule has 1 heterocycles. The van der Waals surface area contributed by atoms with Crippen molar-refractivity contribution in [1.82, 2.24) is 4.57 Å². The third kappa shape index (κ3) is 4.32. The average molecular weight is 445 g/mol. The number of pyridine rings is 1. The van der Waals surface area contributed by atoms with Crippen LogP contribution in [0.5, 0.6) is 0 Å². The van der Waals surface area contributed by atoms with Crippen molar-refractivity contribution in [3.8, 4) is 0 Å². The molecule has 0 unspecified atom stereocenters. The van der Waals surface area contributed by atoms with E-state index in [1.807, 2.05) is 6.92 Å². The van der Waals surface area contributed by atoms with Gasteiger partial charge in [-0.15, -0.1) is 0 Å². The maximum absolute atomic E-state index is 13.1. The zero-order valence-electron chi connectivity index (χ0n) is 16.8. The van der Waals surface area contributed by atoms with Gasteiger partial charge in [0, 0.05) is 16.4 Å². The fourth-order valence-electron chi connectivity index (χ4n) is 3.16. The van der Waals surface area contributed by atoms with Crippen LogP contribution in [0.2, 0.25) is 5.02 Å². The monoisotopic (exact) mass is 444 g/mol. The number of aryl methyl sites for hydroxylation is 3. The van der Waals surface area contributed by atoms with E-state index >= 15 is 0 Å². The number of aromatic nitrogens is 1. The quantitative estimate of drug-likeness (QED) is 0.646. The number of nitrogens with one attached hydrogen (secondary N) is 1. The summed E-state index contributed by atoms with van der Waals surface area (Å²) in [5.74, 6) is -0.466. The summed E-state index contributed by atoms with van der Waals surface area (Å²) in [4.78, 5) is 25.3. The summed E-state index contributed by atoms with van der Waals surface area (Å²) in [5.41, 5.74) is 1.46. The predicted octanol–water partition coefficient (Wildman–Crippen LogP) is 3.90. The Morgan fingerprint density at radius 2 is 1.67 bits per heavy atom. The van der Waals surface area contributed by atoms with Crippen LogP contribution in [0, 0.1) is 20.8 Å². The first-order valence-electron chi connectivity index (χ1n) is 9.18. The van der Waals surface area contributed by atoms with E-state index in [1.54, 1.807) is 56.3 Å². The van der Waals surface area contributed by atoms with Crippen molar-refractivity contribution in [2.75, 3.05) is 5.32 Å². The summed E-state index contributed by atoms with van der Waals surface area (Å²) < 4.78 is 27.3. The third-order valence-corrected chi connectivity index (χ3v) is 7.06. The lowest BCUT2D eigenvalue weighted by atomic mass is 10.2. The van der Waals surface area contributed by atoms with Gasteiger partial charge in [-0.1, -0.05) is 35.9 Å². The zero-order valence-corrected chi connectivity index (χ0v) is 18.3.